The molecule has 130 valence electrons. The number of nitrogens with one attached hydrogen (secondary N) is 2. The van der Waals surface area contributed by atoms with Gasteiger partial charge in [-0.1, -0.05) is 19.3 Å². The van der Waals surface area contributed by atoms with Crippen LogP contribution in [0.15, 0.2) is 4.99 Å². The minimum Gasteiger partial charge on any atom is -0.357 e. The lowest BCUT2D eigenvalue weighted by Gasteiger charge is -2.31. The van der Waals surface area contributed by atoms with E-state index in [4.69, 9.17) is 0 Å². The largest absolute Gasteiger partial charge is 0.357 e. The molecule has 1 rings (SSSR count). The maximum Gasteiger partial charge on any atom is 0.191 e. The molecule has 0 radical (unpaired) electrons. The molecule has 0 heterocycles. The quantitative estimate of drug-likeness (QED) is 0.367. The van der Waals surface area contributed by atoms with Gasteiger partial charge in [-0.2, -0.15) is 11.8 Å². The van der Waals surface area contributed by atoms with Gasteiger partial charge in [0.1, 0.15) is 0 Å². The van der Waals surface area contributed by atoms with Crippen molar-refractivity contribution in [1.82, 2.24) is 15.5 Å². The third-order valence-electron chi connectivity index (χ3n) is 4.33. The van der Waals surface area contributed by atoms with Gasteiger partial charge in [-0.25, -0.2) is 0 Å². The fourth-order valence-corrected chi connectivity index (χ4v) is 3.44. The Bertz CT molecular complexity index is 290. The molecule has 0 spiro atoms. The van der Waals surface area contributed by atoms with E-state index in [9.17, 15) is 0 Å². The summed E-state index contributed by atoms with van der Waals surface area (Å²) in [4.78, 5) is 7.18. The highest BCUT2D eigenvalue weighted by atomic mass is 32.2. The molecule has 0 aromatic rings. The van der Waals surface area contributed by atoms with Crippen LogP contribution in [-0.4, -0.2) is 62.1 Å². The highest BCUT2D eigenvalue weighted by Gasteiger charge is 2.17. The van der Waals surface area contributed by atoms with Crippen molar-refractivity contribution in [2.75, 3.05) is 45.2 Å². The van der Waals surface area contributed by atoms with Crippen molar-refractivity contribution >= 4 is 17.7 Å². The van der Waals surface area contributed by atoms with E-state index in [1.54, 1.807) is 0 Å². The monoisotopic (exact) mass is 328 g/mol. The van der Waals surface area contributed by atoms with E-state index in [0.29, 0.717) is 0 Å². The molecular formula is C17H36N4S. The Balaban J connectivity index is 2.20. The van der Waals surface area contributed by atoms with Crippen LogP contribution in [0, 0.1) is 0 Å². The summed E-state index contributed by atoms with van der Waals surface area (Å²) < 4.78 is 0. The van der Waals surface area contributed by atoms with Crippen molar-refractivity contribution in [3.05, 3.63) is 0 Å². The van der Waals surface area contributed by atoms with Gasteiger partial charge in [-0.3, -0.25) is 4.99 Å². The van der Waals surface area contributed by atoms with Gasteiger partial charge in [0.15, 0.2) is 5.96 Å². The Labute approximate surface area is 141 Å². The average molecular weight is 329 g/mol. The molecule has 0 bridgehead atoms. The number of hydrogen-bond acceptors (Lipinski definition) is 3. The van der Waals surface area contributed by atoms with Gasteiger partial charge in [0.2, 0.25) is 0 Å². The van der Waals surface area contributed by atoms with Crippen LogP contribution < -0.4 is 10.6 Å². The van der Waals surface area contributed by atoms with E-state index in [1.165, 1.54) is 50.7 Å². The van der Waals surface area contributed by atoms with E-state index in [0.717, 1.165) is 38.2 Å². The molecule has 0 amide bonds. The summed E-state index contributed by atoms with van der Waals surface area (Å²) in [5.41, 5.74) is 0. The summed E-state index contributed by atoms with van der Waals surface area (Å²) in [7, 11) is 2.27. The van der Waals surface area contributed by atoms with Crippen LogP contribution in [0.1, 0.15) is 51.9 Å². The van der Waals surface area contributed by atoms with Crippen LogP contribution >= 0.6 is 11.8 Å². The Morgan fingerprint density at radius 3 is 2.64 bits per heavy atom. The first-order chi connectivity index (χ1) is 10.8. The molecular weight excluding hydrogens is 292 g/mol. The van der Waals surface area contributed by atoms with Crippen LogP contribution in [0.3, 0.4) is 0 Å². The first kappa shape index (κ1) is 19.6. The molecule has 5 heteroatoms. The van der Waals surface area contributed by atoms with Gasteiger partial charge < -0.3 is 15.5 Å². The van der Waals surface area contributed by atoms with Gasteiger partial charge in [0.05, 0.1) is 0 Å². The number of guanidine groups is 1. The summed E-state index contributed by atoms with van der Waals surface area (Å²) in [5.74, 6) is 2.22. The Hall–Kier alpha value is -0.420. The minimum absolute atomic E-state index is 0.793. The molecule has 1 aliphatic carbocycles. The second-order valence-electron chi connectivity index (χ2n) is 6.16. The number of rotatable bonds is 10. The lowest BCUT2D eigenvalue weighted by atomic mass is 9.94. The van der Waals surface area contributed by atoms with Gasteiger partial charge >= 0.3 is 0 Å². The van der Waals surface area contributed by atoms with Gasteiger partial charge in [-0.05, 0) is 51.7 Å². The summed E-state index contributed by atoms with van der Waals surface area (Å²) in [6.07, 6.45) is 11.6. The molecule has 0 atom stereocenters. The van der Waals surface area contributed by atoms with E-state index in [1.807, 2.05) is 11.8 Å². The maximum atomic E-state index is 4.66. The summed E-state index contributed by atoms with van der Waals surface area (Å²) in [6, 6.07) is 0.793. The third-order valence-corrected chi connectivity index (χ3v) is 5.02. The molecule has 22 heavy (non-hydrogen) atoms. The molecule has 0 aromatic carbocycles. The van der Waals surface area contributed by atoms with Crippen molar-refractivity contribution in [3.8, 4) is 0 Å². The number of unbranched alkanes of at least 4 members (excludes halogenated alkanes) is 1. The number of hydrogen-bond donors (Lipinski definition) is 2. The Morgan fingerprint density at radius 2 is 1.95 bits per heavy atom. The Kier molecular flexibility index (Phi) is 11.6. The number of thioether (sulfide) groups is 1. The van der Waals surface area contributed by atoms with Crippen LogP contribution in [0.2, 0.25) is 0 Å². The summed E-state index contributed by atoms with van der Waals surface area (Å²) in [6.45, 7) is 6.05. The van der Waals surface area contributed by atoms with Crippen molar-refractivity contribution in [2.24, 2.45) is 4.99 Å². The molecule has 0 saturated heterocycles. The second kappa shape index (κ2) is 13.1. The molecule has 4 nitrogen and oxygen atoms in total. The van der Waals surface area contributed by atoms with Crippen molar-refractivity contribution in [2.45, 2.75) is 57.9 Å². The minimum atomic E-state index is 0.793. The smallest absolute Gasteiger partial charge is 0.191 e. The number of likely N-dealkylation sites (N-methyl/N-ethyl adjacent to an activating group) is 1. The lowest BCUT2D eigenvalue weighted by molar-refractivity contribution is 0.194. The molecule has 1 saturated carbocycles. The predicted octanol–water partition coefficient (Wildman–Crippen LogP) is 2.95. The SMILES string of the molecule is CCNC(=NCCCCSC)NCCN(C)C1CCCCC1. The molecule has 1 fully saturated rings. The van der Waals surface area contributed by atoms with Crippen molar-refractivity contribution < 1.29 is 0 Å². The standard InChI is InChI=1S/C17H36N4S/c1-4-18-17(19-12-8-9-15-22-3)20-13-14-21(2)16-10-6-5-7-11-16/h16H,4-15H2,1-3H3,(H2,18,19,20). The zero-order valence-corrected chi connectivity index (χ0v) is 15.7. The zero-order valence-electron chi connectivity index (χ0n) is 14.9. The molecule has 0 aliphatic heterocycles. The summed E-state index contributed by atoms with van der Waals surface area (Å²) >= 11 is 1.92. The van der Waals surface area contributed by atoms with Crippen molar-refractivity contribution in [1.29, 1.82) is 0 Å². The number of nitrogens with zero attached hydrogens (tertiary/aromatic N) is 2. The van der Waals surface area contributed by atoms with Gasteiger partial charge in [0, 0.05) is 32.2 Å². The normalized spacial score (nSPS) is 17.0. The molecule has 2 N–H and O–H groups in total. The average Bonchev–Trinajstić information content (AvgIpc) is 2.55. The molecule has 0 aromatic heterocycles. The Morgan fingerprint density at radius 1 is 1.18 bits per heavy atom. The van der Waals surface area contributed by atoms with Crippen LogP contribution in [0.5, 0.6) is 0 Å². The summed E-state index contributed by atoms with van der Waals surface area (Å²) in [5, 5.41) is 6.82. The zero-order chi connectivity index (χ0) is 16.0. The fraction of sp³-hybridized carbons (Fsp3) is 0.941. The maximum absolute atomic E-state index is 4.66. The van der Waals surface area contributed by atoms with E-state index >= 15 is 0 Å². The highest BCUT2D eigenvalue weighted by molar-refractivity contribution is 7.98. The number of aliphatic imine (C=N–C) groups is 1. The van der Waals surface area contributed by atoms with E-state index in [2.05, 4.69) is 40.8 Å². The van der Waals surface area contributed by atoms with Gasteiger partial charge in [-0.15, -0.1) is 0 Å². The third kappa shape index (κ3) is 8.89. The lowest BCUT2D eigenvalue weighted by Crippen LogP contribution is -2.43. The molecule has 0 unspecified atom stereocenters. The molecule has 1 aliphatic rings. The van der Waals surface area contributed by atoms with Crippen LogP contribution in [-0.2, 0) is 0 Å². The topological polar surface area (TPSA) is 39.7 Å². The first-order valence-electron chi connectivity index (χ1n) is 8.99. The van der Waals surface area contributed by atoms with Crippen molar-refractivity contribution in [3.63, 3.8) is 0 Å². The van der Waals surface area contributed by atoms with E-state index in [-0.39, 0.29) is 0 Å². The van der Waals surface area contributed by atoms with Crippen LogP contribution in [0.4, 0.5) is 0 Å². The predicted molar refractivity (Wildman–Crippen MR) is 101 cm³/mol. The highest BCUT2D eigenvalue weighted by Crippen LogP contribution is 2.21. The van der Waals surface area contributed by atoms with E-state index < -0.39 is 0 Å². The fourth-order valence-electron chi connectivity index (χ4n) is 2.95. The van der Waals surface area contributed by atoms with Gasteiger partial charge in [0.25, 0.3) is 0 Å². The first-order valence-corrected chi connectivity index (χ1v) is 10.4. The second-order valence-corrected chi connectivity index (χ2v) is 7.15. The van der Waals surface area contributed by atoms with Crippen LogP contribution in [0.25, 0.3) is 0 Å².